The molecular weight excluding hydrogens is 495 g/mol. The predicted molar refractivity (Wildman–Crippen MR) is 131 cm³/mol. The molecule has 7 nitrogen and oxygen atoms in total. The van der Waals surface area contributed by atoms with Crippen LogP contribution in [0.5, 0.6) is 11.5 Å². The first-order chi connectivity index (χ1) is 14.1. The van der Waals surface area contributed by atoms with E-state index in [9.17, 15) is 4.79 Å². The number of guanidine groups is 1. The van der Waals surface area contributed by atoms with Gasteiger partial charge in [0, 0.05) is 37.8 Å². The van der Waals surface area contributed by atoms with Crippen LogP contribution in [0.1, 0.15) is 22.8 Å². The summed E-state index contributed by atoms with van der Waals surface area (Å²) in [6.07, 6.45) is 0. The van der Waals surface area contributed by atoms with Crippen molar-refractivity contribution < 1.29 is 14.3 Å². The van der Waals surface area contributed by atoms with Crippen LogP contribution in [-0.2, 0) is 6.54 Å². The Kier molecular flexibility index (Phi) is 11.7. The lowest BCUT2D eigenvalue weighted by atomic mass is 10.2. The number of aliphatic imine (C=N–C) groups is 1. The number of amides is 1. The van der Waals surface area contributed by atoms with Gasteiger partial charge in [0.15, 0.2) is 5.96 Å². The van der Waals surface area contributed by atoms with Crippen LogP contribution in [0.3, 0.4) is 0 Å². The van der Waals surface area contributed by atoms with E-state index in [2.05, 4.69) is 15.6 Å². The Balaban J connectivity index is 0.00000450. The average Bonchev–Trinajstić information content (AvgIpc) is 2.76. The number of ether oxygens (including phenoxy) is 2. The lowest BCUT2D eigenvalue weighted by Crippen LogP contribution is -2.39. The minimum absolute atomic E-state index is 0. The van der Waals surface area contributed by atoms with E-state index in [1.807, 2.05) is 43.1 Å². The zero-order valence-electron chi connectivity index (χ0n) is 18.0. The fraction of sp³-hybridized carbons (Fsp3) is 0.364. The average molecular weight is 526 g/mol. The maximum absolute atomic E-state index is 12.2. The lowest BCUT2D eigenvalue weighted by molar-refractivity contribution is 0.0954. The van der Waals surface area contributed by atoms with Gasteiger partial charge in [-0.05, 0) is 37.3 Å². The molecule has 2 aromatic carbocycles. The summed E-state index contributed by atoms with van der Waals surface area (Å²) in [7, 11) is 5.24. The van der Waals surface area contributed by atoms with E-state index < -0.39 is 0 Å². The van der Waals surface area contributed by atoms with Crippen LogP contribution in [0.25, 0.3) is 0 Å². The molecule has 0 saturated carbocycles. The topological polar surface area (TPSA) is 75.2 Å². The highest BCUT2D eigenvalue weighted by molar-refractivity contribution is 14.0. The lowest BCUT2D eigenvalue weighted by Gasteiger charge is -2.23. The number of hydrogen-bond acceptors (Lipinski definition) is 4. The van der Waals surface area contributed by atoms with Gasteiger partial charge >= 0.3 is 0 Å². The highest BCUT2D eigenvalue weighted by atomic mass is 127. The molecule has 2 rings (SSSR count). The van der Waals surface area contributed by atoms with Crippen molar-refractivity contribution in [2.45, 2.75) is 13.5 Å². The number of carbonyl (C=O) groups is 1. The minimum atomic E-state index is -0.129. The first-order valence-electron chi connectivity index (χ1n) is 9.62. The molecule has 0 atom stereocenters. The van der Waals surface area contributed by atoms with Crippen molar-refractivity contribution >= 4 is 35.8 Å². The molecular formula is C22H31IN4O3. The molecule has 2 aromatic rings. The second-order valence-corrected chi connectivity index (χ2v) is 6.39. The Morgan fingerprint density at radius 1 is 1.03 bits per heavy atom. The fourth-order valence-electron chi connectivity index (χ4n) is 2.81. The van der Waals surface area contributed by atoms with Gasteiger partial charge in [0.05, 0.1) is 20.8 Å². The van der Waals surface area contributed by atoms with Crippen molar-refractivity contribution in [1.29, 1.82) is 0 Å². The van der Waals surface area contributed by atoms with Crippen LogP contribution in [0.4, 0.5) is 0 Å². The zero-order chi connectivity index (χ0) is 21.1. The molecule has 0 bridgehead atoms. The van der Waals surface area contributed by atoms with Gasteiger partial charge in [-0.2, -0.15) is 0 Å². The molecule has 30 heavy (non-hydrogen) atoms. The number of benzene rings is 2. The van der Waals surface area contributed by atoms with Crippen LogP contribution in [-0.4, -0.2) is 57.7 Å². The second-order valence-electron chi connectivity index (χ2n) is 6.39. The summed E-state index contributed by atoms with van der Waals surface area (Å²) in [5.74, 6) is 2.22. The monoisotopic (exact) mass is 526 g/mol. The van der Waals surface area contributed by atoms with Gasteiger partial charge in [0.25, 0.3) is 5.91 Å². The summed E-state index contributed by atoms with van der Waals surface area (Å²) in [5.41, 5.74) is 1.67. The molecule has 164 valence electrons. The third kappa shape index (κ3) is 7.74. The summed E-state index contributed by atoms with van der Waals surface area (Å²) in [5, 5.41) is 6.17. The van der Waals surface area contributed by atoms with Crippen molar-refractivity contribution in [3.63, 3.8) is 0 Å². The molecule has 0 heterocycles. The van der Waals surface area contributed by atoms with E-state index in [4.69, 9.17) is 9.47 Å². The minimum Gasteiger partial charge on any atom is -0.497 e. The van der Waals surface area contributed by atoms with Crippen molar-refractivity contribution in [3.05, 3.63) is 59.7 Å². The summed E-state index contributed by atoms with van der Waals surface area (Å²) in [6, 6.07) is 14.9. The van der Waals surface area contributed by atoms with E-state index in [0.29, 0.717) is 25.2 Å². The molecule has 2 N–H and O–H groups in total. The zero-order valence-corrected chi connectivity index (χ0v) is 20.3. The Bertz CT molecular complexity index is 812. The summed E-state index contributed by atoms with van der Waals surface area (Å²) in [6.45, 7) is 4.36. The predicted octanol–water partition coefficient (Wildman–Crippen LogP) is 3.15. The van der Waals surface area contributed by atoms with Gasteiger partial charge in [-0.15, -0.1) is 24.0 Å². The Morgan fingerprint density at radius 3 is 2.37 bits per heavy atom. The fourth-order valence-corrected chi connectivity index (χ4v) is 2.81. The van der Waals surface area contributed by atoms with Gasteiger partial charge in [0.2, 0.25) is 0 Å². The molecule has 0 spiro atoms. The number of methoxy groups -OCH3 is 2. The van der Waals surface area contributed by atoms with Crippen LogP contribution < -0.4 is 20.1 Å². The van der Waals surface area contributed by atoms with Crippen molar-refractivity contribution in [1.82, 2.24) is 15.5 Å². The largest absolute Gasteiger partial charge is 0.497 e. The molecule has 1 amide bonds. The molecule has 0 aliphatic heterocycles. The molecule has 0 aromatic heterocycles. The van der Waals surface area contributed by atoms with Crippen LogP contribution >= 0.6 is 24.0 Å². The van der Waals surface area contributed by atoms with Crippen molar-refractivity contribution in [2.75, 3.05) is 40.9 Å². The van der Waals surface area contributed by atoms with Crippen LogP contribution in [0, 0.1) is 0 Å². The first kappa shape index (κ1) is 25.5. The Morgan fingerprint density at radius 2 is 1.73 bits per heavy atom. The van der Waals surface area contributed by atoms with Crippen LogP contribution in [0.2, 0.25) is 0 Å². The maximum Gasteiger partial charge on any atom is 0.251 e. The van der Waals surface area contributed by atoms with Crippen molar-refractivity contribution in [2.24, 2.45) is 4.99 Å². The van der Waals surface area contributed by atoms with E-state index in [1.165, 1.54) is 0 Å². The smallest absolute Gasteiger partial charge is 0.251 e. The number of nitrogens with zero attached hydrogens (tertiary/aromatic N) is 2. The molecule has 0 fully saturated rings. The number of hydrogen-bond donors (Lipinski definition) is 2. The third-order valence-electron chi connectivity index (χ3n) is 4.31. The van der Waals surface area contributed by atoms with E-state index in [1.54, 1.807) is 38.5 Å². The van der Waals surface area contributed by atoms with Gasteiger partial charge in [-0.3, -0.25) is 9.79 Å². The van der Waals surface area contributed by atoms with E-state index in [0.717, 1.165) is 29.6 Å². The molecule has 0 radical (unpaired) electrons. The molecule has 8 heteroatoms. The van der Waals surface area contributed by atoms with Gasteiger partial charge in [-0.1, -0.05) is 18.2 Å². The highest BCUT2D eigenvalue weighted by Gasteiger charge is 2.10. The van der Waals surface area contributed by atoms with Crippen molar-refractivity contribution in [3.8, 4) is 11.5 Å². The summed E-state index contributed by atoms with van der Waals surface area (Å²) in [4.78, 5) is 18.9. The second kappa shape index (κ2) is 13.7. The molecule has 0 aliphatic carbocycles. The number of halogens is 1. The van der Waals surface area contributed by atoms with Crippen LogP contribution in [0.15, 0.2) is 53.5 Å². The standard InChI is InChI=1S/C22H30N4O3.HI/c1-5-23-22(26(2)16-18-8-6-7-9-20(18)29-4)25-15-14-24-21(27)17-10-12-19(28-3)13-11-17;/h6-13H,5,14-16H2,1-4H3,(H,23,25)(H,24,27);1H. The Labute approximate surface area is 195 Å². The number of carbonyl (C=O) groups excluding carboxylic acids is 1. The van der Waals surface area contributed by atoms with Gasteiger partial charge < -0.3 is 25.0 Å². The number of para-hydroxylation sites is 1. The maximum atomic E-state index is 12.2. The quantitative estimate of drug-likeness (QED) is 0.227. The molecule has 0 unspecified atom stereocenters. The molecule has 0 aliphatic rings. The van der Waals surface area contributed by atoms with E-state index in [-0.39, 0.29) is 29.9 Å². The third-order valence-corrected chi connectivity index (χ3v) is 4.31. The normalized spacial score (nSPS) is 10.6. The van der Waals surface area contributed by atoms with Gasteiger partial charge in [-0.25, -0.2) is 0 Å². The van der Waals surface area contributed by atoms with Gasteiger partial charge in [0.1, 0.15) is 11.5 Å². The first-order valence-corrected chi connectivity index (χ1v) is 9.62. The number of nitrogens with one attached hydrogen (secondary N) is 2. The number of rotatable bonds is 9. The summed E-state index contributed by atoms with van der Waals surface area (Å²) < 4.78 is 10.5. The Hall–Kier alpha value is -2.49. The van der Waals surface area contributed by atoms with E-state index >= 15 is 0 Å². The SMILES string of the molecule is CCNC(=NCCNC(=O)c1ccc(OC)cc1)N(C)Cc1ccccc1OC.I. The summed E-state index contributed by atoms with van der Waals surface area (Å²) >= 11 is 0. The molecule has 0 saturated heterocycles. The highest BCUT2D eigenvalue weighted by Crippen LogP contribution is 2.18.